The first-order chi connectivity index (χ1) is 16.1. The van der Waals surface area contributed by atoms with Crippen LogP contribution in [0.3, 0.4) is 0 Å². The number of aromatic nitrogens is 4. The van der Waals surface area contributed by atoms with Gasteiger partial charge in [-0.15, -0.1) is 10.2 Å². The third-order valence-electron chi connectivity index (χ3n) is 6.49. The number of rotatable bonds is 5. The van der Waals surface area contributed by atoms with E-state index in [4.69, 9.17) is 4.98 Å². The SMILES string of the molecule is CCN(CC)C(=O)c1c(N2CCN(C)CC2)c2cccnc2n2c(-c3ccccc3)nnc12. The second-order valence-corrected chi connectivity index (χ2v) is 8.41. The molecule has 0 aliphatic carbocycles. The quantitative estimate of drug-likeness (QED) is 0.472. The van der Waals surface area contributed by atoms with Crippen molar-refractivity contribution >= 4 is 28.3 Å². The number of anilines is 1. The number of fused-ring (bicyclic) bond motifs is 3. The van der Waals surface area contributed by atoms with Gasteiger partial charge in [-0.2, -0.15) is 0 Å². The van der Waals surface area contributed by atoms with E-state index in [1.54, 1.807) is 6.20 Å². The summed E-state index contributed by atoms with van der Waals surface area (Å²) in [5.41, 5.74) is 3.79. The van der Waals surface area contributed by atoms with E-state index in [1.165, 1.54) is 0 Å². The van der Waals surface area contributed by atoms with Gasteiger partial charge in [-0.1, -0.05) is 30.3 Å². The van der Waals surface area contributed by atoms with Crippen LogP contribution < -0.4 is 4.90 Å². The molecule has 0 bridgehead atoms. The first-order valence-corrected chi connectivity index (χ1v) is 11.6. The van der Waals surface area contributed by atoms with Crippen molar-refractivity contribution in [2.75, 3.05) is 51.2 Å². The summed E-state index contributed by atoms with van der Waals surface area (Å²) in [6.07, 6.45) is 1.79. The summed E-state index contributed by atoms with van der Waals surface area (Å²) in [5, 5.41) is 10.1. The predicted octanol–water partition coefficient (Wildman–Crippen LogP) is 3.18. The second-order valence-electron chi connectivity index (χ2n) is 8.41. The first-order valence-electron chi connectivity index (χ1n) is 11.6. The molecule has 33 heavy (non-hydrogen) atoms. The molecule has 1 fully saturated rings. The lowest BCUT2D eigenvalue weighted by Crippen LogP contribution is -2.45. The number of pyridine rings is 2. The normalized spacial score (nSPS) is 14.8. The van der Waals surface area contributed by atoms with Gasteiger partial charge in [0.2, 0.25) is 0 Å². The number of likely N-dealkylation sites (N-methyl/N-ethyl adjacent to an activating group) is 1. The molecule has 0 atom stereocenters. The van der Waals surface area contributed by atoms with Gasteiger partial charge in [-0.3, -0.25) is 9.20 Å². The summed E-state index contributed by atoms with van der Waals surface area (Å²) in [7, 11) is 2.13. The number of carbonyl (C=O) groups excluding carboxylic acids is 1. The standard InChI is InChI=1S/C25H29N7O/c1-4-30(5-2)25(33)20-21(31-16-14-29(3)15-17-31)19-12-9-13-26-23(19)32-22(27-28-24(20)32)18-10-7-6-8-11-18/h6-13H,4-5,14-17H2,1-3H3. The molecule has 170 valence electrons. The number of benzene rings is 1. The van der Waals surface area contributed by atoms with Crippen molar-refractivity contribution in [3.8, 4) is 11.4 Å². The Bertz CT molecular complexity index is 1290. The number of amides is 1. The number of piperazine rings is 1. The fourth-order valence-electron chi connectivity index (χ4n) is 4.65. The monoisotopic (exact) mass is 443 g/mol. The fraction of sp³-hybridized carbons (Fsp3) is 0.360. The van der Waals surface area contributed by atoms with Crippen molar-refractivity contribution in [1.82, 2.24) is 29.4 Å². The predicted molar refractivity (Wildman–Crippen MR) is 131 cm³/mol. The molecule has 4 aromatic rings. The van der Waals surface area contributed by atoms with Crippen molar-refractivity contribution in [2.24, 2.45) is 0 Å². The fourth-order valence-corrected chi connectivity index (χ4v) is 4.65. The third kappa shape index (κ3) is 3.60. The Hall–Kier alpha value is -3.52. The van der Waals surface area contributed by atoms with Crippen LogP contribution in [0.2, 0.25) is 0 Å². The summed E-state index contributed by atoms with van der Waals surface area (Å²) >= 11 is 0. The highest BCUT2D eigenvalue weighted by Crippen LogP contribution is 2.36. The number of hydrogen-bond acceptors (Lipinski definition) is 6. The van der Waals surface area contributed by atoms with Gasteiger partial charge >= 0.3 is 0 Å². The number of hydrogen-bond donors (Lipinski definition) is 0. The van der Waals surface area contributed by atoms with Crippen LogP contribution in [0.5, 0.6) is 0 Å². The molecule has 4 heterocycles. The van der Waals surface area contributed by atoms with E-state index in [1.807, 2.05) is 59.5 Å². The van der Waals surface area contributed by atoms with Crippen LogP contribution >= 0.6 is 0 Å². The van der Waals surface area contributed by atoms with Crippen LogP contribution in [0.4, 0.5) is 5.69 Å². The largest absolute Gasteiger partial charge is 0.368 e. The van der Waals surface area contributed by atoms with Crippen LogP contribution in [0.1, 0.15) is 24.2 Å². The zero-order chi connectivity index (χ0) is 22.9. The molecule has 0 radical (unpaired) electrons. The maximum atomic E-state index is 13.9. The van der Waals surface area contributed by atoms with Crippen LogP contribution in [0.15, 0.2) is 48.7 Å². The minimum Gasteiger partial charge on any atom is -0.368 e. The molecular formula is C25H29N7O. The van der Waals surface area contributed by atoms with Crippen molar-refractivity contribution < 1.29 is 4.79 Å². The Morgan fingerprint density at radius 1 is 0.939 bits per heavy atom. The summed E-state index contributed by atoms with van der Waals surface area (Å²) in [6.45, 7) is 8.85. The summed E-state index contributed by atoms with van der Waals surface area (Å²) in [6, 6.07) is 13.9. The van der Waals surface area contributed by atoms with E-state index in [-0.39, 0.29) is 5.91 Å². The molecule has 1 amide bonds. The molecule has 0 N–H and O–H groups in total. The third-order valence-corrected chi connectivity index (χ3v) is 6.49. The van der Waals surface area contributed by atoms with Gasteiger partial charge in [0.1, 0.15) is 11.2 Å². The topological polar surface area (TPSA) is 69.9 Å². The molecule has 1 saturated heterocycles. The maximum Gasteiger partial charge on any atom is 0.259 e. The zero-order valence-corrected chi connectivity index (χ0v) is 19.4. The van der Waals surface area contributed by atoms with Gasteiger partial charge in [0.25, 0.3) is 5.91 Å². The van der Waals surface area contributed by atoms with Gasteiger partial charge in [0, 0.05) is 56.4 Å². The van der Waals surface area contributed by atoms with E-state index in [9.17, 15) is 4.79 Å². The smallest absolute Gasteiger partial charge is 0.259 e. The lowest BCUT2D eigenvalue weighted by atomic mass is 10.1. The van der Waals surface area contributed by atoms with Crippen LogP contribution in [-0.2, 0) is 0 Å². The van der Waals surface area contributed by atoms with Crippen LogP contribution in [0, 0.1) is 0 Å². The molecule has 1 aliphatic rings. The van der Waals surface area contributed by atoms with Gasteiger partial charge in [0.15, 0.2) is 11.5 Å². The van der Waals surface area contributed by atoms with E-state index < -0.39 is 0 Å². The van der Waals surface area contributed by atoms with E-state index in [0.717, 1.165) is 48.5 Å². The Morgan fingerprint density at radius 3 is 2.36 bits per heavy atom. The Balaban J connectivity index is 1.86. The molecule has 1 aliphatic heterocycles. The van der Waals surface area contributed by atoms with Crippen LogP contribution in [-0.4, -0.2) is 81.6 Å². The van der Waals surface area contributed by atoms with Gasteiger partial charge in [-0.25, -0.2) is 4.98 Å². The average molecular weight is 444 g/mol. The molecule has 8 nitrogen and oxygen atoms in total. The van der Waals surface area contributed by atoms with E-state index >= 15 is 0 Å². The van der Waals surface area contributed by atoms with Crippen molar-refractivity contribution in [3.63, 3.8) is 0 Å². The molecular weight excluding hydrogens is 414 g/mol. The molecule has 8 heteroatoms. The summed E-state index contributed by atoms with van der Waals surface area (Å²) < 4.78 is 1.95. The van der Waals surface area contributed by atoms with E-state index in [0.29, 0.717) is 30.1 Å². The highest BCUT2D eigenvalue weighted by atomic mass is 16.2. The lowest BCUT2D eigenvalue weighted by molar-refractivity contribution is 0.0775. The highest BCUT2D eigenvalue weighted by molar-refractivity contribution is 6.12. The molecule has 0 unspecified atom stereocenters. The van der Waals surface area contributed by atoms with Gasteiger partial charge in [-0.05, 0) is 33.0 Å². The van der Waals surface area contributed by atoms with Gasteiger partial charge < -0.3 is 14.7 Å². The summed E-state index contributed by atoms with van der Waals surface area (Å²) in [4.78, 5) is 25.2. The lowest BCUT2D eigenvalue weighted by Gasteiger charge is -2.36. The second kappa shape index (κ2) is 8.78. The molecule has 0 saturated carbocycles. The molecule has 5 rings (SSSR count). The zero-order valence-electron chi connectivity index (χ0n) is 19.4. The minimum absolute atomic E-state index is 0.0170. The molecule has 3 aromatic heterocycles. The molecule has 0 spiro atoms. The van der Waals surface area contributed by atoms with Gasteiger partial charge in [0.05, 0.1) is 5.69 Å². The van der Waals surface area contributed by atoms with Crippen molar-refractivity contribution in [3.05, 3.63) is 54.2 Å². The first kappa shape index (κ1) is 21.3. The Morgan fingerprint density at radius 2 is 1.67 bits per heavy atom. The minimum atomic E-state index is -0.0170. The van der Waals surface area contributed by atoms with Crippen molar-refractivity contribution in [2.45, 2.75) is 13.8 Å². The maximum absolute atomic E-state index is 13.9. The highest BCUT2D eigenvalue weighted by Gasteiger charge is 2.30. The summed E-state index contributed by atoms with van der Waals surface area (Å²) in [5.74, 6) is 0.671. The number of nitrogens with zero attached hydrogens (tertiary/aromatic N) is 7. The van der Waals surface area contributed by atoms with E-state index in [2.05, 4.69) is 33.1 Å². The van der Waals surface area contributed by atoms with Crippen LogP contribution in [0.25, 0.3) is 28.1 Å². The Labute approximate surface area is 193 Å². The average Bonchev–Trinajstić information content (AvgIpc) is 3.30. The Kier molecular flexibility index (Phi) is 5.68. The number of carbonyl (C=O) groups is 1. The molecule has 1 aromatic carbocycles. The van der Waals surface area contributed by atoms with Crippen molar-refractivity contribution in [1.29, 1.82) is 0 Å².